The van der Waals surface area contributed by atoms with E-state index in [0.29, 0.717) is 16.8 Å². The summed E-state index contributed by atoms with van der Waals surface area (Å²) in [6, 6.07) is 15.3. The molecule has 0 aliphatic carbocycles. The summed E-state index contributed by atoms with van der Waals surface area (Å²) in [5, 5.41) is 7.19. The molecule has 0 amide bonds. The van der Waals surface area contributed by atoms with Gasteiger partial charge in [-0.25, -0.2) is 4.98 Å². The first kappa shape index (κ1) is 18.0. The van der Waals surface area contributed by atoms with Gasteiger partial charge in [-0.15, -0.1) is 0 Å². The fourth-order valence-corrected chi connectivity index (χ4v) is 2.59. The van der Waals surface area contributed by atoms with Gasteiger partial charge in [-0.3, -0.25) is 0 Å². The van der Waals surface area contributed by atoms with Gasteiger partial charge >= 0.3 is 0 Å². The monoisotopic (exact) mass is 368 g/mol. The van der Waals surface area contributed by atoms with Gasteiger partial charge in [0.2, 0.25) is 5.95 Å². The number of nitrogens with one attached hydrogen (secondary N) is 2. The predicted molar refractivity (Wildman–Crippen MR) is 107 cm³/mol. The number of ether oxygens (including phenoxy) is 1. The zero-order valence-corrected chi connectivity index (χ0v) is 15.7. The number of rotatable bonds is 6. The molecule has 1 aromatic heterocycles. The molecular weight excluding hydrogens is 348 g/mol. The first-order chi connectivity index (χ1) is 12.5. The van der Waals surface area contributed by atoms with Gasteiger partial charge in [0.25, 0.3) is 0 Å². The Balaban J connectivity index is 1.81. The second kappa shape index (κ2) is 8.06. The molecule has 0 spiro atoms. The predicted octanol–water partition coefficient (Wildman–Crippen LogP) is 5.71. The maximum atomic E-state index is 6.17. The lowest BCUT2D eigenvalue weighted by molar-refractivity contribution is 0.244. The fourth-order valence-electron chi connectivity index (χ4n) is 2.42. The molecule has 2 N–H and O–H groups in total. The molecule has 5 nitrogen and oxygen atoms in total. The first-order valence-corrected chi connectivity index (χ1v) is 8.78. The Morgan fingerprint density at radius 3 is 2.54 bits per heavy atom. The number of halogens is 1. The Labute approximate surface area is 158 Å². The lowest BCUT2D eigenvalue weighted by Crippen LogP contribution is -2.08. The highest BCUT2D eigenvalue weighted by atomic mass is 35.5. The van der Waals surface area contributed by atoms with Crippen molar-refractivity contribution in [1.82, 2.24) is 9.97 Å². The van der Waals surface area contributed by atoms with Crippen molar-refractivity contribution in [3.63, 3.8) is 0 Å². The summed E-state index contributed by atoms with van der Waals surface area (Å²) in [4.78, 5) is 8.80. The van der Waals surface area contributed by atoms with Crippen molar-refractivity contribution in [3.8, 4) is 5.75 Å². The van der Waals surface area contributed by atoms with Crippen LogP contribution in [-0.4, -0.2) is 16.1 Å². The highest BCUT2D eigenvalue weighted by molar-refractivity contribution is 6.31. The first-order valence-electron chi connectivity index (χ1n) is 8.41. The van der Waals surface area contributed by atoms with Gasteiger partial charge in [0.15, 0.2) is 0 Å². The zero-order valence-electron chi connectivity index (χ0n) is 15.0. The molecule has 1 heterocycles. The Hall–Kier alpha value is -2.79. The van der Waals surface area contributed by atoms with Gasteiger partial charge in [0.05, 0.1) is 11.8 Å². The van der Waals surface area contributed by atoms with Crippen molar-refractivity contribution in [2.45, 2.75) is 26.9 Å². The Kier molecular flexibility index (Phi) is 5.58. The molecule has 0 unspecified atom stereocenters. The van der Waals surface area contributed by atoms with Crippen LogP contribution in [0.5, 0.6) is 5.75 Å². The van der Waals surface area contributed by atoms with Crippen LogP contribution in [0, 0.1) is 6.92 Å². The highest BCUT2D eigenvalue weighted by Crippen LogP contribution is 2.29. The van der Waals surface area contributed by atoms with Crippen LogP contribution in [0.3, 0.4) is 0 Å². The molecule has 0 fully saturated rings. The van der Waals surface area contributed by atoms with E-state index in [1.165, 1.54) is 0 Å². The fraction of sp³-hybridized carbons (Fsp3) is 0.200. The van der Waals surface area contributed by atoms with Crippen molar-refractivity contribution in [3.05, 3.63) is 65.3 Å². The van der Waals surface area contributed by atoms with Crippen molar-refractivity contribution >= 4 is 34.7 Å². The van der Waals surface area contributed by atoms with Crippen molar-refractivity contribution < 1.29 is 4.74 Å². The summed E-state index contributed by atoms with van der Waals surface area (Å²) in [5.41, 5.74) is 2.68. The SMILES string of the molecule is Cc1c(Cl)cccc1Nc1nccc(Nc2ccccc2OC(C)C)n1. The zero-order chi connectivity index (χ0) is 18.5. The number of para-hydroxylation sites is 2. The topological polar surface area (TPSA) is 59.1 Å². The smallest absolute Gasteiger partial charge is 0.229 e. The van der Waals surface area contributed by atoms with E-state index in [9.17, 15) is 0 Å². The Morgan fingerprint density at radius 2 is 1.73 bits per heavy atom. The number of benzene rings is 2. The molecular formula is C20H21ClN4O. The van der Waals surface area contributed by atoms with E-state index in [-0.39, 0.29) is 6.10 Å². The quantitative estimate of drug-likeness (QED) is 0.583. The lowest BCUT2D eigenvalue weighted by atomic mass is 10.2. The molecule has 2 aromatic carbocycles. The third kappa shape index (κ3) is 4.43. The van der Waals surface area contributed by atoms with Crippen LogP contribution in [0.15, 0.2) is 54.7 Å². The molecule has 0 atom stereocenters. The van der Waals surface area contributed by atoms with Crippen LogP contribution < -0.4 is 15.4 Å². The maximum absolute atomic E-state index is 6.17. The van der Waals surface area contributed by atoms with Gasteiger partial charge < -0.3 is 15.4 Å². The molecule has 26 heavy (non-hydrogen) atoms. The van der Waals surface area contributed by atoms with E-state index in [4.69, 9.17) is 16.3 Å². The van der Waals surface area contributed by atoms with E-state index in [2.05, 4.69) is 20.6 Å². The number of hydrogen-bond acceptors (Lipinski definition) is 5. The average Bonchev–Trinajstić information content (AvgIpc) is 2.61. The standard InChI is InChI=1S/C20H21ClN4O/c1-13(2)26-18-10-5-4-8-17(18)23-19-11-12-22-20(25-19)24-16-9-6-7-15(21)14(16)3/h4-13H,1-3H3,(H2,22,23,24,25). The summed E-state index contributed by atoms with van der Waals surface area (Å²) in [7, 11) is 0. The molecule has 0 saturated heterocycles. The molecule has 0 aliphatic heterocycles. The summed E-state index contributed by atoms with van der Waals surface area (Å²) >= 11 is 6.17. The largest absolute Gasteiger partial charge is 0.489 e. The van der Waals surface area contributed by atoms with E-state index >= 15 is 0 Å². The number of anilines is 4. The van der Waals surface area contributed by atoms with Crippen molar-refractivity contribution in [2.75, 3.05) is 10.6 Å². The van der Waals surface area contributed by atoms with Gasteiger partial charge in [0.1, 0.15) is 11.6 Å². The van der Waals surface area contributed by atoms with E-state index in [0.717, 1.165) is 22.7 Å². The molecule has 0 bridgehead atoms. The molecule has 0 saturated carbocycles. The van der Waals surface area contributed by atoms with Crippen molar-refractivity contribution in [2.24, 2.45) is 0 Å². The number of nitrogens with zero attached hydrogens (tertiary/aromatic N) is 2. The minimum Gasteiger partial charge on any atom is -0.489 e. The highest BCUT2D eigenvalue weighted by Gasteiger charge is 2.08. The summed E-state index contributed by atoms with van der Waals surface area (Å²) in [6.07, 6.45) is 1.79. The molecule has 134 valence electrons. The molecule has 3 aromatic rings. The molecule has 3 rings (SSSR count). The summed E-state index contributed by atoms with van der Waals surface area (Å²) in [6.45, 7) is 5.94. The maximum Gasteiger partial charge on any atom is 0.229 e. The van der Waals surface area contributed by atoms with Gasteiger partial charge in [0, 0.05) is 16.9 Å². The lowest BCUT2D eigenvalue weighted by Gasteiger charge is -2.15. The number of hydrogen-bond donors (Lipinski definition) is 2. The summed E-state index contributed by atoms with van der Waals surface area (Å²) in [5.74, 6) is 1.94. The van der Waals surface area contributed by atoms with E-state index in [1.54, 1.807) is 6.20 Å². The Bertz CT molecular complexity index is 898. The normalized spacial score (nSPS) is 10.7. The van der Waals surface area contributed by atoms with Crippen molar-refractivity contribution in [1.29, 1.82) is 0 Å². The second-order valence-corrected chi connectivity index (χ2v) is 6.50. The summed E-state index contributed by atoms with van der Waals surface area (Å²) < 4.78 is 5.84. The van der Waals surface area contributed by atoms with Crippen LogP contribution >= 0.6 is 11.6 Å². The Morgan fingerprint density at radius 1 is 0.962 bits per heavy atom. The molecule has 0 radical (unpaired) electrons. The second-order valence-electron chi connectivity index (χ2n) is 6.09. The van der Waals surface area contributed by atoms with E-state index < -0.39 is 0 Å². The van der Waals surface area contributed by atoms with Gasteiger partial charge in [-0.1, -0.05) is 29.8 Å². The van der Waals surface area contributed by atoms with Gasteiger partial charge in [-0.2, -0.15) is 4.98 Å². The third-order valence-electron chi connectivity index (χ3n) is 3.68. The average molecular weight is 369 g/mol. The molecule has 6 heteroatoms. The van der Waals surface area contributed by atoms with Gasteiger partial charge in [-0.05, 0) is 56.7 Å². The van der Waals surface area contributed by atoms with Crippen LogP contribution in [0.2, 0.25) is 5.02 Å². The minimum absolute atomic E-state index is 0.0892. The minimum atomic E-state index is 0.0892. The van der Waals surface area contributed by atoms with Crippen LogP contribution in [0.25, 0.3) is 0 Å². The van der Waals surface area contributed by atoms with E-state index in [1.807, 2.05) is 69.3 Å². The number of aromatic nitrogens is 2. The van der Waals surface area contributed by atoms with Crippen LogP contribution in [-0.2, 0) is 0 Å². The third-order valence-corrected chi connectivity index (χ3v) is 4.09. The van der Waals surface area contributed by atoms with Crippen LogP contribution in [0.1, 0.15) is 19.4 Å². The molecule has 0 aliphatic rings. The van der Waals surface area contributed by atoms with Crippen LogP contribution in [0.4, 0.5) is 23.1 Å².